The molecule has 8 heteroatoms. The molecular formula is C13H15N3O2S3. The van der Waals surface area contributed by atoms with Crippen LogP contribution in [0, 0.1) is 0 Å². The molecule has 2 aromatic rings. The summed E-state index contributed by atoms with van der Waals surface area (Å²) in [6.07, 6.45) is 3.29. The number of nitrogens with two attached hydrogens (primary N) is 1. The van der Waals surface area contributed by atoms with Gasteiger partial charge in [0.15, 0.2) is 0 Å². The van der Waals surface area contributed by atoms with E-state index < -0.39 is 10.0 Å². The molecule has 2 heterocycles. The Morgan fingerprint density at radius 1 is 1.33 bits per heavy atom. The number of hydrogen-bond acceptors (Lipinski definition) is 5. The minimum Gasteiger partial charge on any atom is -0.389 e. The van der Waals surface area contributed by atoms with Crippen LogP contribution >= 0.6 is 23.6 Å². The zero-order valence-electron chi connectivity index (χ0n) is 11.4. The molecule has 0 aromatic carbocycles. The highest BCUT2D eigenvalue weighted by molar-refractivity contribution is 7.91. The van der Waals surface area contributed by atoms with Gasteiger partial charge in [-0.2, -0.15) is 4.31 Å². The van der Waals surface area contributed by atoms with E-state index in [2.05, 4.69) is 4.98 Å². The molecule has 0 unspecified atom stereocenters. The molecule has 0 radical (unpaired) electrons. The average molecular weight is 341 g/mol. The van der Waals surface area contributed by atoms with Crippen molar-refractivity contribution in [2.45, 2.75) is 17.7 Å². The standard InChI is InChI=1S/C13H15N3O2S3/c1-2-16(9-10-5-7-15-8-6-10)21(17,18)12-4-3-11(20-12)13(14)19/h3-8H,2,9H2,1H3,(H2,14,19). The zero-order valence-corrected chi connectivity index (χ0v) is 13.8. The van der Waals surface area contributed by atoms with Crippen LogP contribution in [0.15, 0.2) is 40.9 Å². The number of thiophene rings is 1. The van der Waals surface area contributed by atoms with Crippen LogP contribution in [0.4, 0.5) is 0 Å². The van der Waals surface area contributed by atoms with Gasteiger partial charge in [-0.15, -0.1) is 11.3 Å². The van der Waals surface area contributed by atoms with Gasteiger partial charge in [-0.05, 0) is 29.8 Å². The summed E-state index contributed by atoms with van der Waals surface area (Å²) in [6.45, 7) is 2.49. The summed E-state index contributed by atoms with van der Waals surface area (Å²) in [5.41, 5.74) is 6.42. The topological polar surface area (TPSA) is 76.3 Å². The minimum atomic E-state index is -3.55. The Kier molecular flexibility index (Phi) is 5.04. The Hall–Kier alpha value is -1.35. The summed E-state index contributed by atoms with van der Waals surface area (Å²) in [4.78, 5) is 4.74. The Morgan fingerprint density at radius 3 is 2.52 bits per heavy atom. The predicted molar refractivity (Wildman–Crippen MR) is 87.7 cm³/mol. The number of sulfonamides is 1. The van der Waals surface area contributed by atoms with Gasteiger partial charge in [-0.3, -0.25) is 4.98 Å². The van der Waals surface area contributed by atoms with Crippen molar-refractivity contribution >= 4 is 38.6 Å². The van der Waals surface area contributed by atoms with Crippen molar-refractivity contribution < 1.29 is 8.42 Å². The van der Waals surface area contributed by atoms with E-state index in [9.17, 15) is 8.42 Å². The van der Waals surface area contributed by atoms with E-state index in [1.54, 1.807) is 43.6 Å². The van der Waals surface area contributed by atoms with Crippen LogP contribution in [0.25, 0.3) is 0 Å². The maximum absolute atomic E-state index is 12.6. The summed E-state index contributed by atoms with van der Waals surface area (Å²) in [5, 5.41) is 0. The number of aromatic nitrogens is 1. The molecule has 0 aliphatic heterocycles. The van der Waals surface area contributed by atoms with Gasteiger partial charge in [0.25, 0.3) is 10.0 Å². The third-order valence-corrected chi connectivity index (χ3v) is 6.74. The van der Waals surface area contributed by atoms with Crippen molar-refractivity contribution in [2.24, 2.45) is 5.73 Å². The van der Waals surface area contributed by atoms with Crippen LogP contribution in [0.3, 0.4) is 0 Å². The first-order valence-corrected chi connectivity index (χ1v) is 8.90. The molecule has 0 bridgehead atoms. The van der Waals surface area contributed by atoms with Gasteiger partial charge in [0.05, 0.1) is 4.88 Å². The zero-order chi connectivity index (χ0) is 15.5. The van der Waals surface area contributed by atoms with E-state index in [0.717, 1.165) is 16.9 Å². The van der Waals surface area contributed by atoms with E-state index in [0.29, 0.717) is 18.0 Å². The van der Waals surface area contributed by atoms with Crippen molar-refractivity contribution in [1.82, 2.24) is 9.29 Å². The van der Waals surface area contributed by atoms with Crippen LogP contribution in [0.1, 0.15) is 17.4 Å². The fraction of sp³-hybridized carbons (Fsp3) is 0.231. The molecule has 2 aromatic heterocycles. The summed E-state index contributed by atoms with van der Waals surface area (Å²) in [6, 6.07) is 6.78. The molecule has 0 amide bonds. The SMILES string of the molecule is CCN(Cc1ccncc1)S(=O)(=O)c1ccc(C(N)=S)s1. The maximum atomic E-state index is 12.6. The molecule has 0 saturated carbocycles. The number of rotatable bonds is 6. The highest BCUT2D eigenvalue weighted by Crippen LogP contribution is 2.25. The second kappa shape index (κ2) is 6.61. The lowest BCUT2D eigenvalue weighted by molar-refractivity contribution is 0.424. The lowest BCUT2D eigenvalue weighted by Gasteiger charge is -2.19. The second-order valence-electron chi connectivity index (χ2n) is 4.27. The largest absolute Gasteiger partial charge is 0.389 e. The quantitative estimate of drug-likeness (QED) is 0.813. The molecule has 0 aliphatic carbocycles. The number of nitrogens with zero attached hydrogens (tertiary/aromatic N) is 2. The molecular weight excluding hydrogens is 326 g/mol. The lowest BCUT2D eigenvalue weighted by Crippen LogP contribution is -2.29. The van der Waals surface area contributed by atoms with Crippen LogP contribution in [0.5, 0.6) is 0 Å². The van der Waals surface area contributed by atoms with E-state index in [-0.39, 0.29) is 9.20 Å². The smallest absolute Gasteiger partial charge is 0.252 e. The normalized spacial score (nSPS) is 11.7. The highest BCUT2D eigenvalue weighted by Gasteiger charge is 2.25. The Labute approximate surface area is 133 Å². The third kappa shape index (κ3) is 3.65. The second-order valence-corrected chi connectivity index (χ2v) is 7.96. The molecule has 0 fully saturated rings. The molecule has 2 rings (SSSR count). The van der Waals surface area contributed by atoms with E-state index in [1.807, 2.05) is 0 Å². The Balaban J connectivity index is 2.28. The van der Waals surface area contributed by atoms with Crippen LogP contribution in [0.2, 0.25) is 0 Å². The molecule has 5 nitrogen and oxygen atoms in total. The van der Waals surface area contributed by atoms with Gasteiger partial charge >= 0.3 is 0 Å². The van der Waals surface area contributed by atoms with Crippen molar-refractivity contribution in [1.29, 1.82) is 0 Å². The Bertz CT molecular complexity index is 726. The Morgan fingerprint density at radius 2 is 2.00 bits per heavy atom. The summed E-state index contributed by atoms with van der Waals surface area (Å²) < 4.78 is 26.9. The minimum absolute atomic E-state index is 0.207. The first-order valence-electron chi connectivity index (χ1n) is 6.24. The first kappa shape index (κ1) is 16.0. The highest BCUT2D eigenvalue weighted by atomic mass is 32.2. The van der Waals surface area contributed by atoms with E-state index in [1.165, 1.54) is 4.31 Å². The molecule has 112 valence electrons. The summed E-state index contributed by atoms with van der Waals surface area (Å²) in [7, 11) is -3.55. The van der Waals surface area contributed by atoms with Crippen LogP contribution < -0.4 is 5.73 Å². The van der Waals surface area contributed by atoms with E-state index in [4.69, 9.17) is 18.0 Å². The molecule has 21 heavy (non-hydrogen) atoms. The fourth-order valence-electron chi connectivity index (χ4n) is 1.78. The van der Waals surface area contributed by atoms with Gasteiger partial charge in [0.1, 0.15) is 9.20 Å². The summed E-state index contributed by atoms with van der Waals surface area (Å²) >= 11 is 5.96. The van der Waals surface area contributed by atoms with Crippen LogP contribution in [-0.4, -0.2) is 29.2 Å². The van der Waals surface area contributed by atoms with Gasteiger partial charge in [0.2, 0.25) is 0 Å². The molecule has 0 atom stereocenters. The van der Waals surface area contributed by atoms with Crippen molar-refractivity contribution in [3.63, 3.8) is 0 Å². The third-order valence-electron chi connectivity index (χ3n) is 2.88. The van der Waals surface area contributed by atoms with Gasteiger partial charge < -0.3 is 5.73 Å². The molecule has 0 spiro atoms. The van der Waals surface area contributed by atoms with Crippen molar-refractivity contribution in [2.75, 3.05) is 6.54 Å². The molecule has 0 aliphatic rings. The fourth-order valence-corrected chi connectivity index (χ4v) is 4.72. The van der Waals surface area contributed by atoms with Crippen LogP contribution in [-0.2, 0) is 16.6 Å². The lowest BCUT2D eigenvalue weighted by atomic mass is 10.3. The van der Waals surface area contributed by atoms with Gasteiger partial charge in [-0.1, -0.05) is 19.1 Å². The maximum Gasteiger partial charge on any atom is 0.252 e. The van der Waals surface area contributed by atoms with Gasteiger partial charge in [0, 0.05) is 25.5 Å². The monoisotopic (exact) mass is 341 g/mol. The molecule has 0 saturated heterocycles. The molecule has 2 N–H and O–H groups in total. The van der Waals surface area contributed by atoms with Crippen molar-refractivity contribution in [3.8, 4) is 0 Å². The number of hydrogen-bond donors (Lipinski definition) is 1. The summed E-state index contributed by atoms with van der Waals surface area (Å²) in [5.74, 6) is 0. The average Bonchev–Trinajstić information content (AvgIpc) is 2.96. The predicted octanol–water partition coefficient (Wildman–Crippen LogP) is 1.99. The van der Waals surface area contributed by atoms with Crippen molar-refractivity contribution in [3.05, 3.63) is 47.1 Å². The van der Waals surface area contributed by atoms with Gasteiger partial charge in [-0.25, -0.2) is 8.42 Å². The first-order chi connectivity index (χ1) is 9.95. The van der Waals surface area contributed by atoms with E-state index >= 15 is 0 Å². The number of thiocarbonyl (C=S) groups is 1. The number of pyridine rings is 1.